The molecule has 1 fully saturated rings. The molecule has 1 saturated heterocycles. The van der Waals surface area contributed by atoms with Crippen molar-refractivity contribution in [3.63, 3.8) is 0 Å². The second kappa shape index (κ2) is 5.80. The summed E-state index contributed by atoms with van der Waals surface area (Å²) >= 11 is 6.28. The molecule has 1 aromatic rings. The van der Waals surface area contributed by atoms with Gasteiger partial charge in [-0.05, 0) is 37.5 Å². The molecule has 2 N–H and O–H groups in total. The standard InChI is InChI=1S/C15H21ClN2O2/c1-10-6-12(17)2-3-18(10)9-11-7-13(16)15-14(8-11)19-4-5-20-15/h7-8,10,12H,2-6,9,17H2,1H3. The first-order valence-corrected chi connectivity index (χ1v) is 7.59. The smallest absolute Gasteiger partial charge is 0.179 e. The van der Waals surface area contributed by atoms with Crippen molar-refractivity contribution >= 4 is 11.6 Å². The third-order valence-corrected chi connectivity index (χ3v) is 4.38. The highest BCUT2D eigenvalue weighted by molar-refractivity contribution is 6.32. The van der Waals surface area contributed by atoms with Gasteiger partial charge in [0.25, 0.3) is 0 Å². The minimum absolute atomic E-state index is 0.338. The highest BCUT2D eigenvalue weighted by Gasteiger charge is 2.24. The summed E-state index contributed by atoms with van der Waals surface area (Å²) in [6.45, 7) is 5.30. The summed E-state index contributed by atoms with van der Waals surface area (Å²) in [5.74, 6) is 1.44. The van der Waals surface area contributed by atoms with Crippen LogP contribution < -0.4 is 15.2 Å². The van der Waals surface area contributed by atoms with E-state index in [2.05, 4.69) is 11.8 Å². The number of benzene rings is 1. The molecule has 2 atom stereocenters. The van der Waals surface area contributed by atoms with E-state index in [1.54, 1.807) is 0 Å². The summed E-state index contributed by atoms with van der Waals surface area (Å²) in [4.78, 5) is 2.45. The molecule has 5 heteroatoms. The number of nitrogens with zero attached hydrogens (tertiary/aromatic N) is 1. The van der Waals surface area contributed by atoms with Crippen molar-refractivity contribution in [3.8, 4) is 11.5 Å². The van der Waals surface area contributed by atoms with Crippen molar-refractivity contribution in [1.82, 2.24) is 4.90 Å². The number of fused-ring (bicyclic) bond motifs is 1. The summed E-state index contributed by atoms with van der Waals surface area (Å²) in [6, 6.07) is 4.87. The molecular formula is C15H21ClN2O2. The molecule has 2 unspecified atom stereocenters. The molecule has 0 spiro atoms. The van der Waals surface area contributed by atoms with Gasteiger partial charge in [0.05, 0.1) is 5.02 Å². The minimum Gasteiger partial charge on any atom is -0.486 e. The summed E-state index contributed by atoms with van der Waals surface area (Å²) in [5.41, 5.74) is 7.18. The van der Waals surface area contributed by atoms with Gasteiger partial charge in [0.2, 0.25) is 0 Å². The van der Waals surface area contributed by atoms with Gasteiger partial charge in [0, 0.05) is 25.2 Å². The molecule has 3 rings (SSSR count). The monoisotopic (exact) mass is 296 g/mol. The first kappa shape index (κ1) is 14.0. The predicted octanol–water partition coefficient (Wildman–Crippen LogP) is 2.42. The molecule has 1 aromatic carbocycles. The van der Waals surface area contributed by atoms with Crippen molar-refractivity contribution in [2.24, 2.45) is 5.73 Å². The van der Waals surface area contributed by atoms with Crippen LogP contribution in [-0.4, -0.2) is 36.7 Å². The highest BCUT2D eigenvalue weighted by atomic mass is 35.5. The normalized spacial score (nSPS) is 26.6. The van der Waals surface area contributed by atoms with Crippen molar-refractivity contribution in [2.75, 3.05) is 19.8 Å². The van der Waals surface area contributed by atoms with Gasteiger partial charge in [-0.15, -0.1) is 0 Å². The fourth-order valence-electron chi connectivity index (χ4n) is 2.98. The third kappa shape index (κ3) is 2.87. The van der Waals surface area contributed by atoms with E-state index in [0.29, 0.717) is 36.1 Å². The molecule has 0 amide bonds. The maximum atomic E-state index is 6.28. The zero-order valence-corrected chi connectivity index (χ0v) is 12.5. The summed E-state index contributed by atoms with van der Waals surface area (Å²) in [7, 11) is 0. The highest BCUT2D eigenvalue weighted by Crippen LogP contribution is 2.38. The zero-order valence-electron chi connectivity index (χ0n) is 11.8. The number of rotatable bonds is 2. The van der Waals surface area contributed by atoms with Crippen LogP contribution in [0.5, 0.6) is 11.5 Å². The average Bonchev–Trinajstić information content (AvgIpc) is 2.42. The van der Waals surface area contributed by atoms with Crippen LogP contribution in [0.15, 0.2) is 12.1 Å². The minimum atomic E-state index is 0.338. The maximum Gasteiger partial charge on any atom is 0.179 e. The maximum absolute atomic E-state index is 6.28. The molecule has 2 aliphatic heterocycles. The molecule has 0 radical (unpaired) electrons. The zero-order chi connectivity index (χ0) is 14.1. The van der Waals surface area contributed by atoms with E-state index in [9.17, 15) is 0 Å². The molecule has 2 aliphatic rings. The van der Waals surface area contributed by atoms with E-state index >= 15 is 0 Å². The summed E-state index contributed by atoms with van der Waals surface area (Å²) in [6.07, 6.45) is 2.11. The molecule has 0 aliphatic carbocycles. The molecule has 20 heavy (non-hydrogen) atoms. The first-order valence-electron chi connectivity index (χ1n) is 7.21. The Balaban J connectivity index is 1.76. The summed E-state index contributed by atoms with van der Waals surface area (Å²) < 4.78 is 11.2. The van der Waals surface area contributed by atoms with Gasteiger partial charge in [0.1, 0.15) is 13.2 Å². The molecule has 2 heterocycles. The quantitative estimate of drug-likeness (QED) is 0.910. The van der Waals surface area contributed by atoms with Crippen LogP contribution in [0, 0.1) is 0 Å². The van der Waals surface area contributed by atoms with Crippen LogP contribution >= 0.6 is 11.6 Å². The number of nitrogens with two attached hydrogens (primary N) is 1. The van der Waals surface area contributed by atoms with Crippen LogP contribution in [0.3, 0.4) is 0 Å². The summed E-state index contributed by atoms with van der Waals surface area (Å²) in [5, 5.41) is 0.638. The van der Waals surface area contributed by atoms with Crippen molar-refractivity contribution < 1.29 is 9.47 Å². The van der Waals surface area contributed by atoms with Crippen LogP contribution in [-0.2, 0) is 6.54 Å². The molecule has 0 aromatic heterocycles. The Morgan fingerprint density at radius 3 is 2.95 bits per heavy atom. The van der Waals surface area contributed by atoms with Gasteiger partial charge in [-0.2, -0.15) is 0 Å². The SMILES string of the molecule is CC1CC(N)CCN1Cc1cc(Cl)c2c(c1)OCCO2. The fraction of sp³-hybridized carbons (Fsp3) is 0.600. The second-order valence-corrected chi connectivity index (χ2v) is 6.11. The van der Waals surface area contributed by atoms with E-state index in [4.69, 9.17) is 26.8 Å². The Hall–Kier alpha value is -0.970. The van der Waals surface area contributed by atoms with Crippen molar-refractivity contribution in [3.05, 3.63) is 22.7 Å². The number of likely N-dealkylation sites (tertiary alicyclic amines) is 1. The molecule has 4 nitrogen and oxygen atoms in total. The largest absolute Gasteiger partial charge is 0.486 e. The van der Waals surface area contributed by atoms with E-state index in [-0.39, 0.29) is 0 Å². The van der Waals surface area contributed by atoms with Crippen molar-refractivity contribution in [1.29, 1.82) is 0 Å². The lowest BCUT2D eigenvalue weighted by atomic mass is 9.98. The van der Waals surface area contributed by atoms with Gasteiger partial charge in [0.15, 0.2) is 11.5 Å². The number of halogens is 1. The first-order chi connectivity index (χ1) is 9.63. The lowest BCUT2D eigenvalue weighted by Gasteiger charge is -2.36. The molecule has 110 valence electrons. The van der Waals surface area contributed by atoms with Gasteiger partial charge >= 0.3 is 0 Å². The fourth-order valence-corrected chi connectivity index (χ4v) is 3.27. The second-order valence-electron chi connectivity index (χ2n) is 5.71. The molecular weight excluding hydrogens is 276 g/mol. The van der Waals surface area contributed by atoms with E-state index in [1.165, 1.54) is 5.56 Å². The van der Waals surface area contributed by atoms with Gasteiger partial charge < -0.3 is 15.2 Å². The van der Waals surface area contributed by atoms with Gasteiger partial charge in [-0.3, -0.25) is 4.90 Å². The van der Waals surface area contributed by atoms with Crippen LogP contribution in [0.1, 0.15) is 25.3 Å². The number of piperidine rings is 1. The third-order valence-electron chi connectivity index (χ3n) is 4.10. The Kier molecular flexibility index (Phi) is 4.06. The average molecular weight is 297 g/mol. The number of hydrogen-bond donors (Lipinski definition) is 1. The predicted molar refractivity (Wildman–Crippen MR) is 79.5 cm³/mol. The topological polar surface area (TPSA) is 47.7 Å². The Morgan fingerprint density at radius 1 is 1.35 bits per heavy atom. The number of ether oxygens (including phenoxy) is 2. The lowest BCUT2D eigenvalue weighted by molar-refractivity contribution is 0.139. The molecule has 0 bridgehead atoms. The van der Waals surface area contributed by atoms with Crippen LogP contribution in [0.4, 0.5) is 0 Å². The van der Waals surface area contributed by atoms with Gasteiger partial charge in [-0.25, -0.2) is 0 Å². The Labute approximate surface area is 124 Å². The molecule has 0 saturated carbocycles. The van der Waals surface area contributed by atoms with Crippen LogP contribution in [0.2, 0.25) is 5.02 Å². The number of hydrogen-bond acceptors (Lipinski definition) is 4. The van der Waals surface area contributed by atoms with Gasteiger partial charge in [-0.1, -0.05) is 11.6 Å². The Morgan fingerprint density at radius 2 is 2.15 bits per heavy atom. The lowest BCUT2D eigenvalue weighted by Crippen LogP contribution is -2.44. The van der Waals surface area contributed by atoms with E-state index < -0.39 is 0 Å². The van der Waals surface area contributed by atoms with E-state index in [1.807, 2.05) is 12.1 Å². The van der Waals surface area contributed by atoms with Crippen LogP contribution in [0.25, 0.3) is 0 Å². The van der Waals surface area contributed by atoms with Crippen molar-refractivity contribution in [2.45, 2.75) is 38.4 Å². The van der Waals surface area contributed by atoms with E-state index in [0.717, 1.165) is 31.7 Å². The Bertz CT molecular complexity index is 495.